The molecular weight excluding hydrogens is 147 g/mol. The van der Waals surface area contributed by atoms with Crippen molar-refractivity contribution in [1.29, 1.82) is 0 Å². The van der Waals surface area contributed by atoms with E-state index in [2.05, 4.69) is 13.2 Å². The van der Waals surface area contributed by atoms with Gasteiger partial charge in [-0.05, 0) is 11.6 Å². The minimum atomic E-state index is -1.02. The van der Waals surface area contributed by atoms with Crippen LogP contribution in [0.5, 0.6) is 0 Å². The highest BCUT2D eigenvalue weighted by atomic mass is 19.1. The summed E-state index contributed by atoms with van der Waals surface area (Å²) < 4.78 is 12.1. The maximum absolute atomic E-state index is 12.1. The summed E-state index contributed by atoms with van der Waals surface area (Å²) >= 11 is 0. The molecule has 0 rings (SSSR count). The average Bonchev–Trinajstić information content (AvgIpc) is 1.84. The Hall–Kier alpha value is -1.38. The summed E-state index contributed by atoms with van der Waals surface area (Å²) in [5.74, 6) is -1.68. The van der Waals surface area contributed by atoms with Crippen molar-refractivity contribution in [3.8, 4) is 0 Å². The first-order valence-electron chi connectivity index (χ1n) is 2.95. The predicted molar refractivity (Wildman–Crippen MR) is 40.8 cm³/mol. The van der Waals surface area contributed by atoms with Crippen molar-refractivity contribution in [3.63, 3.8) is 0 Å². The third-order valence-electron chi connectivity index (χ3n) is 0.960. The first-order chi connectivity index (χ1) is 5.06. The lowest BCUT2D eigenvalue weighted by Crippen LogP contribution is -1.95. The summed E-state index contributed by atoms with van der Waals surface area (Å²) in [6.45, 7) is 6.29. The van der Waals surface area contributed by atoms with Gasteiger partial charge in [0.1, 0.15) is 5.83 Å². The van der Waals surface area contributed by atoms with Gasteiger partial charge in [-0.1, -0.05) is 19.2 Å². The minimum absolute atomic E-state index is 0.230. The van der Waals surface area contributed by atoms with E-state index < -0.39 is 11.8 Å². The van der Waals surface area contributed by atoms with Crippen molar-refractivity contribution in [1.82, 2.24) is 0 Å². The number of aliphatic carboxylic acids is 1. The summed E-state index contributed by atoms with van der Waals surface area (Å²) in [5, 5.41) is 8.29. The maximum Gasteiger partial charge on any atom is 0.307 e. The number of carboxylic acid groups (broad SMARTS) is 1. The summed E-state index contributed by atoms with van der Waals surface area (Å²) in [4.78, 5) is 10.1. The number of halogens is 1. The van der Waals surface area contributed by atoms with Crippen LogP contribution in [-0.2, 0) is 4.79 Å². The predicted octanol–water partition coefficient (Wildman–Crippen LogP) is 2.06. The van der Waals surface area contributed by atoms with Gasteiger partial charge in [0, 0.05) is 0 Å². The smallest absolute Gasteiger partial charge is 0.307 e. The highest BCUT2D eigenvalue weighted by Gasteiger charge is 1.99. The molecule has 0 saturated heterocycles. The van der Waals surface area contributed by atoms with Crippen LogP contribution in [0.2, 0.25) is 0 Å². The van der Waals surface area contributed by atoms with Gasteiger partial charge in [0.05, 0.1) is 6.42 Å². The second-order valence-electron chi connectivity index (χ2n) is 1.94. The molecule has 0 aromatic heterocycles. The molecule has 2 nitrogen and oxygen atoms in total. The van der Waals surface area contributed by atoms with Gasteiger partial charge in [-0.25, -0.2) is 4.39 Å². The summed E-state index contributed by atoms with van der Waals surface area (Å²) in [5.41, 5.74) is 0.310. The third-order valence-corrected chi connectivity index (χ3v) is 0.960. The molecular formula is C8H9FO2. The lowest BCUT2D eigenvalue weighted by atomic mass is 10.2. The van der Waals surface area contributed by atoms with Crippen molar-refractivity contribution in [3.05, 3.63) is 36.7 Å². The minimum Gasteiger partial charge on any atom is -0.481 e. The fourth-order valence-corrected chi connectivity index (χ4v) is 0.558. The largest absolute Gasteiger partial charge is 0.481 e. The van der Waals surface area contributed by atoms with Crippen LogP contribution in [0.4, 0.5) is 4.39 Å². The van der Waals surface area contributed by atoms with E-state index in [9.17, 15) is 9.18 Å². The topological polar surface area (TPSA) is 37.3 Å². The highest BCUT2D eigenvalue weighted by Crippen LogP contribution is 2.06. The Kier molecular flexibility index (Phi) is 3.88. The van der Waals surface area contributed by atoms with E-state index in [1.807, 2.05) is 0 Å². The second-order valence-corrected chi connectivity index (χ2v) is 1.94. The number of allylic oxidation sites excluding steroid dienone is 3. The molecule has 0 aliphatic rings. The summed E-state index contributed by atoms with van der Waals surface area (Å²) in [6.07, 6.45) is 2.10. The molecule has 0 heterocycles. The number of carbonyl (C=O) groups is 1. The molecule has 0 fully saturated rings. The number of hydrogen-bond acceptors (Lipinski definition) is 1. The Morgan fingerprint density at radius 3 is 2.45 bits per heavy atom. The van der Waals surface area contributed by atoms with Gasteiger partial charge >= 0.3 is 5.97 Å². The Bertz CT molecular complexity index is 216. The number of carboxylic acids is 1. The van der Waals surface area contributed by atoms with Crippen molar-refractivity contribution in [2.75, 3.05) is 0 Å². The van der Waals surface area contributed by atoms with E-state index in [0.717, 1.165) is 6.08 Å². The van der Waals surface area contributed by atoms with Crippen LogP contribution in [0, 0.1) is 0 Å². The zero-order valence-electron chi connectivity index (χ0n) is 6.01. The van der Waals surface area contributed by atoms with Gasteiger partial charge in [0.25, 0.3) is 0 Å². The Morgan fingerprint density at radius 1 is 1.64 bits per heavy atom. The van der Waals surface area contributed by atoms with E-state index in [1.54, 1.807) is 0 Å². The van der Waals surface area contributed by atoms with Gasteiger partial charge < -0.3 is 5.11 Å². The molecule has 0 aliphatic heterocycles. The molecule has 3 heteroatoms. The normalized spacial score (nSPS) is 10.8. The van der Waals surface area contributed by atoms with Gasteiger partial charge in [0.2, 0.25) is 0 Å². The van der Waals surface area contributed by atoms with Gasteiger partial charge in [-0.15, -0.1) is 0 Å². The molecule has 0 aliphatic carbocycles. The molecule has 0 radical (unpaired) electrons. The lowest BCUT2D eigenvalue weighted by molar-refractivity contribution is -0.136. The highest BCUT2D eigenvalue weighted by molar-refractivity contribution is 5.71. The molecule has 0 saturated carbocycles. The molecule has 60 valence electrons. The molecule has 1 N–H and O–H groups in total. The molecule has 0 bridgehead atoms. The van der Waals surface area contributed by atoms with Crippen LogP contribution in [0.25, 0.3) is 0 Å². The van der Waals surface area contributed by atoms with Gasteiger partial charge in [0.15, 0.2) is 0 Å². The van der Waals surface area contributed by atoms with Gasteiger partial charge in [-0.2, -0.15) is 0 Å². The monoisotopic (exact) mass is 156 g/mol. The maximum atomic E-state index is 12.1. The van der Waals surface area contributed by atoms with Crippen molar-refractivity contribution < 1.29 is 14.3 Å². The summed E-state index contributed by atoms with van der Waals surface area (Å²) in [6, 6.07) is 0. The van der Waals surface area contributed by atoms with Crippen LogP contribution >= 0.6 is 0 Å². The van der Waals surface area contributed by atoms with Crippen LogP contribution < -0.4 is 0 Å². The zero-order valence-corrected chi connectivity index (χ0v) is 6.01. The second kappa shape index (κ2) is 4.44. The Labute approximate surface area is 64.3 Å². The number of hydrogen-bond donors (Lipinski definition) is 1. The third kappa shape index (κ3) is 5.08. The first-order valence-corrected chi connectivity index (χ1v) is 2.95. The van der Waals surface area contributed by atoms with Crippen LogP contribution in [0.3, 0.4) is 0 Å². The van der Waals surface area contributed by atoms with E-state index in [0.29, 0.717) is 5.57 Å². The quantitative estimate of drug-likeness (QED) is 0.632. The van der Waals surface area contributed by atoms with Crippen molar-refractivity contribution >= 4 is 5.97 Å². The Balaban J connectivity index is 4.28. The van der Waals surface area contributed by atoms with E-state index in [-0.39, 0.29) is 6.42 Å². The fourth-order valence-electron chi connectivity index (χ4n) is 0.558. The molecule has 0 atom stereocenters. The zero-order chi connectivity index (χ0) is 8.85. The van der Waals surface area contributed by atoms with Crippen LogP contribution in [0.15, 0.2) is 36.7 Å². The van der Waals surface area contributed by atoms with E-state index in [1.165, 1.54) is 6.08 Å². The van der Waals surface area contributed by atoms with Gasteiger partial charge in [-0.3, -0.25) is 4.79 Å². The molecule has 0 unspecified atom stereocenters. The number of rotatable bonds is 4. The summed E-state index contributed by atoms with van der Waals surface area (Å²) in [7, 11) is 0. The molecule has 0 spiro atoms. The van der Waals surface area contributed by atoms with E-state index >= 15 is 0 Å². The standard InChI is InChI=1S/C8H9FO2/c1-3-7(4-6(2)9)5-8(10)11/h3-4H,1-2,5H2,(H,10,11)/b7-4+. The van der Waals surface area contributed by atoms with Crippen molar-refractivity contribution in [2.24, 2.45) is 0 Å². The molecule has 0 aromatic rings. The molecule has 0 amide bonds. The van der Waals surface area contributed by atoms with E-state index in [4.69, 9.17) is 5.11 Å². The Morgan fingerprint density at radius 2 is 2.18 bits per heavy atom. The first kappa shape index (κ1) is 9.62. The average molecular weight is 156 g/mol. The fraction of sp³-hybridized carbons (Fsp3) is 0.125. The lowest BCUT2D eigenvalue weighted by Gasteiger charge is -1.94. The van der Waals surface area contributed by atoms with Crippen molar-refractivity contribution in [2.45, 2.75) is 6.42 Å². The molecule has 0 aromatic carbocycles. The van der Waals surface area contributed by atoms with Crippen LogP contribution in [-0.4, -0.2) is 11.1 Å². The van der Waals surface area contributed by atoms with Crippen LogP contribution in [0.1, 0.15) is 6.42 Å². The SMILES string of the molecule is C=C/C(=C\C(=C)F)CC(=O)O. The molecule has 11 heavy (non-hydrogen) atoms.